The van der Waals surface area contributed by atoms with Gasteiger partial charge in [-0.1, -0.05) is 26.7 Å². The Labute approximate surface area is 82.3 Å². The van der Waals surface area contributed by atoms with Crippen molar-refractivity contribution in [1.29, 1.82) is 0 Å². The van der Waals surface area contributed by atoms with Crippen molar-refractivity contribution in [3.8, 4) is 0 Å². The summed E-state index contributed by atoms with van der Waals surface area (Å²) in [6.45, 7) is 8.69. The molecule has 0 saturated heterocycles. The van der Waals surface area contributed by atoms with Gasteiger partial charge in [-0.15, -0.1) is 0 Å². The molecule has 1 unspecified atom stereocenters. The summed E-state index contributed by atoms with van der Waals surface area (Å²) >= 11 is 0. The largest absolute Gasteiger partial charge is 0.391 e. The van der Waals surface area contributed by atoms with Gasteiger partial charge in [0.05, 0.1) is 18.3 Å². The van der Waals surface area contributed by atoms with Gasteiger partial charge in [0.2, 0.25) is 0 Å². The molecule has 0 saturated carbocycles. The molecule has 0 bridgehead atoms. The summed E-state index contributed by atoms with van der Waals surface area (Å²) in [5, 5.41) is 9.13. The molecule has 2 heteroatoms. The molecule has 0 aliphatic carbocycles. The molecule has 0 radical (unpaired) electrons. The van der Waals surface area contributed by atoms with E-state index in [4.69, 9.17) is 9.84 Å². The first-order valence-electron chi connectivity index (χ1n) is 5.36. The quantitative estimate of drug-likeness (QED) is 0.665. The minimum atomic E-state index is -0.354. The van der Waals surface area contributed by atoms with Gasteiger partial charge >= 0.3 is 0 Å². The summed E-state index contributed by atoms with van der Waals surface area (Å²) in [6.07, 6.45) is 4.07. The van der Waals surface area contributed by atoms with Crippen LogP contribution < -0.4 is 0 Å². The van der Waals surface area contributed by atoms with Crippen LogP contribution in [0.25, 0.3) is 0 Å². The van der Waals surface area contributed by atoms with Crippen LogP contribution in [0.3, 0.4) is 0 Å². The van der Waals surface area contributed by atoms with E-state index in [-0.39, 0.29) is 11.7 Å². The van der Waals surface area contributed by atoms with Crippen molar-refractivity contribution >= 4 is 0 Å². The molecule has 80 valence electrons. The van der Waals surface area contributed by atoms with Crippen LogP contribution >= 0.6 is 0 Å². The molecule has 1 atom stereocenters. The number of ether oxygens (including phenoxy) is 1. The topological polar surface area (TPSA) is 29.5 Å². The van der Waals surface area contributed by atoms with Gasteiger partial charge in [0.1, 0.15) is 0 Å². The summed E-state index contributed by atoms with van der Waals surface area (Å²) in [4.78, 5) is 0. The number of aliphatic hydroxyl groups excluding tert-OH is 1. The van der Waals surface area contributed by atoms with Gasteiger partial charge in [-0.25, -0.2) is 0 Å². The Morgan fingerprint density at radius 1 is 1.23 bits per heavy atom. The molecule has 13 heavy (non-hydrogen) atoms. The van der Waals surface area contributed by atoms with Gasteiger partial charge in [0.25, 0.3) is 0 Å². The Bertz CT molecular complexity index is 115. The van der Waals surface area contributed by atoms with Gasteiger partial charge in [-0.2, -0.15) is 0 Å². The first-order chi connectivity index (χ1) is 6.04. The fraction of sp³-hybridized carbons (Fsp3) is 1.00. The Morgan fingerprint density at radius 3 is 2.00 bits per heavy atom. The summed E-state index contributed by atoms with van der Waals surface area (Å²) in [6, 6.07) is 0. The first kappa shape index (κ1) is 12.9. The average molecular weight is 188 g/mol. The van der Waals surface area contributed by atoms with E-state index in [0.717, 1.165) is 25.7 Å². The lowest BCUT2D eigenvalue weighted by Crippen LogP contribution is -2.31. The molecule has 0 aliphatic heterocycles. The van der Waals surface area contributed by atoms with Crippen LogP contribution in [-0.2, 0) is 4.74 Å². The van der Waals surface area contributed by atoms with E-state index in [2.05, 4.69) is 20.8 Å². The van der Waals surface area contributed by atoms with Crippen molar-refractivity contribution in [1.82, 2.24) is 0 Å². The Morgan fingerprint density at radius 2 is 1.69 bits per heavy atom. The highest BCUT2D eigenvalue weighted by Crippen LogP contribution is 2.23. The third kappa shape index (κ3) is 6.05. The lowest BCUT2D eigenvalue weighted by atomic mass is 9.95. The van der Waals surface area contributed by atoms with Crippen LogP contribution in [0.1, 0.15) is 53.4 Å². The molecule has 0 aromatic carbocycles. The Kier molecular flexibility index (Phi) is 6.35. The highest BCUT2D eigenvalue weighted by Gasteiger charge is 2.23. The van der Waals surface area contributed by atoms with Crippen molar-refractivity contribution in [2.24, 2.45) is 0 Å². The summed E-state index contributed by atoms with van der Waals surface area (Å²) in [7, 11) is 0. The smallest absolute Gasteiger partial charge is 0.0745 e. The number of rotatable bonds is 7. The maximum Gasteiger partial charge on any atom is 0.0745 e. The van der Waals surface area contributed by atoms with Crippen LogP contribution in [-0.4, -0.2) is 23.4 Å². The zero-order valence-electron chi connectivity index (χ0n) is 9.47. The van der Waals surface area contributed by atoms with E-state index in [1.165, 1.54) is 0 Å². The van der Waals surface area contributed by atoms with E-state index in [9.17, 15) is 0 Å². The zero-order valence-corrected chi connectivity index (χ0v) is 9.47. The fourth-order valence-electron chi connectivity index (χ4n) is 1.65. The predicted octanol–water partition coefficient (Wildman–Crippen LogP) is 2.74. The molecule has 0 aliphatic rings. The third-order valence-electron chi connectivity index (χ3n) is 2.23. The number of aliphatic hydroxyl groups is 1. The molecule has 0 rings (SSSR count). The standard InChI is InChI=1S/C11H24O2/c1-5-7-11(4,8-6-2)13-9-10(3)12/h10,12H,5-9H2,1-4H3. The number of hydrogen-bond acceptors (Lipinski definition) is 2. The number of hydrogen-bond donors (Lipinski definition) is 1. The van der Waals surface area contributed by atoms with Gasteiger partial charge in [-0.05, 0) is 26.7 Å². The normalized spacial score (nSPS) is 14.5. The van der Waals surface area contributed by atoms with Crippen molar-refractivity contribution in [3.05, 3.63) is 0 Å². The van der Waals surface area contributed by atoms with Crippen molar-refractivity contribution < 1.29 is 9.84 Å². The average Bonchev–Trinajstić information content (AvgIpc) is 2.02. The summed E-state index contributed by atoms with van der Waals surface area (Å²) < 4.78 is 5.72. The minimum absolute atomic E-state index is 0.0273. The molecule has 0 spiro atoms. The van der Waals surface area contributed by atoms with E-state index < -0.39 is 0 Å². The van der Waals surface area contributed by atoms with Gasteiger partial charge in [0, 0.05) is 0 Å². The second kappa shape index (κ2) is 6.39. The van der Waals surface area contributed by atoms with Gasteiger partial charge < -0.3 is 9.84 Å². The minimum Gasteiger partial charge on any atom is -0.391 e. The van der Waals surface area contributed by atoms with Crippen LogP contribution in [0, 0.1) is 0 Å². The van der Waals surface area contributed by atoms with Crippen molar-refractivity contribution in [2.45, 2.75) is 65.1 Å². The van der Waals surface area contributed by atoms with E-state index >= 15 is 0 Å². The zero-order chi connectivity index (χ0) is 10.3. The SMILES string of the molecule is CCCC(C)(CCC)OCC(C)O. The van der Waals surface area contributed by atoms with Gasteiger partial charge in [-0.3, -0.25) is 0 Å². The maximum atomic E-state index is 9.13. The second-order valence-electron chi connectivity index (χ2n) is 4.11. The van der Waals surface area contributed by atoms with Gasteiger partial charge in [0.15, 0.2) is 0 Å². The van der Waals surface area contributed by atoms with Crippen LogP contribution in [0.15, 0.2) is 0 Å². The van der Waals surface area contributed by atoms with Crippen molar-refractivity contribution in [2.75, 3.05) is 6.61 Å². The Balaban J connectivity index is 3.91. The highest BCUT2D eigenvalue weighted by atomic mass is 16.5. The van der Waals surface area contributed by atoms with Crippen LogP contribution in [0.4, 0.5) is 0 Å². The molecule has 0 aromatic heterocycles. The van der Waals surface area contributed by atoms with Crippen LogP contribution in [0.2, 0.25) is 0 Å². The monoisotopic (exact) mass is 188 g/mol. The Hall–Kier alpha value is -0.0800. The summed E-state index contributed by atoms with van der Waals surface area (Å²) in [5.74, 6) is 0. The second-order valence-corrected chi connectivity index (χ2v) is 4.11. The maximum absolute atomic E-state index is 9.13. The van der Waals surface area contributed by atoms with Crippen LogP contribution in [0.5, 0.6) is 0 Å². The lowest BCUT2D eigenvalue weighted by Gasteiger charge is -2.30. The fourth-order valence-corrected chi connectivity index (χ4v) is 1.65. The molecule has 0 amide bonds. The molecular weight excluding hydrogens is 164 g/mol. The molecular formula is C11H24O2. The molecule has 2 nitrogen and oxygen atoms in total. The molecule has 0 aromatic rings. The van der Waals surface area contributed by atoms with E-state index in [1.54, 1.807) is 6.92 Å². The van der Waals surface area contributed by atoms with Crippen molar-refractivity contribution in [3.63, 3.8) is 0 Å². The van der Waals surface area contributed by atoms with E-state index in [0.29, 0.717) is 6.61 Å². The van der Waals surface area contributed by atoms with E-state index in [1.807, 2.05) is 0 Å². The molecule has 1 N–H and O–H groups in total. The first-order valence-corrected chi connectivity index (χ1v) is 5.36. The molecule has 0 heterocycles. The summed E-state index contributed by atoms with van der Waals surface area (Å²) in [5.41, 5.74) is -0.0273. The molecule has 0 fully saturated rings. The third-order valence-corrected chi connectivity index (χ3v) is 2.23. The highest BCUT2D eigenvalue weighted by molar-refractivity contribution is 4.74. The predicted molar refractivity (Wildman–Crippen MR) is 55.9 cm³/mol. The lowest BCUT2D eigenvalue weighted by molar-refractivity contribution is -0.0752.